The van der Waals surface area contributed by atoms with Gasteiger partial charge in [0.05, 0.1) is 4.91 Å². The van der Waals surface area contributed by atoms with Gasteiger partial charge in [-0.15, -0.1) is 11.8 Å². The van der Waals surface area contributed by atoms with E-state index in [0.29, 0.717) is 40.3 Å². The van der Waals surface area contributed by atoms with Crippen LogP contribution in [0.25, 0.3) is 6.08 Å². The summed E-state index contributed by atoms with van der Waals surface area (Å²) in [6.07, 6.45) is 7.13. The Morgan fingerprint density at radius 3 is 2.62 bits per heavy atom. The van der Waals surface area contributed by atoms with E-state index in [2.05, 4.69) is 19.2 Å². The van der Waals surface area contributed by atoms with Crippen LogP contribution in [-0.4, -0.2) is 34.6 Å². The van der Waals surface area contributed by atoms with E-state index in [1.807, 2.05) is 29.2 Å². The molecule has 1 aliphatic carbocycles. The van der Waals surface area contributed by atoms with Crippen LogP contribution in [0.15, 0.2) is 53.4 Å². The zero-order valence-corrected chi connectivity index (χ0v) is 20.7. The lowest BCUT2D eigenvalue weighted by Crippen LogP contribution is -2.50. The summed E-state index contributed by atoms with van der Waals surface area (Å²) in [5.74, 6) is 0.159. The third kappa shape index (κ3) is 5.90. The Balaban J connectivity index is 1.51. The maximum absolute atomic E-state index is 14.4. The lowest BCUT2D eigenvalue weighted by Gasteiger charge is -2.44. The molecule has 2 aromatic rings. The Labute approximate surface area is 206 Å². The molecule has 6 heteroatoms. The molecule has 1 N–H and O–H groups in total. The molecule has 1 heterocycles. The fourth-order valence-electron chi connectivity index (χ4n) is 4.63. The monoisotopic (exact) mass is 480 g/mol. The first-order valence-electron chi connectivity index (χ1n) is 12.2. The summed E-state index contributed by atoms with van der Waals surface area (Å²) in [5, 5.41) is 3.28. The summed E-state index contributed by atoms with van der Waals surface area (Å²) in [4.78, 5) is 28.4. The van der Waals surface area contributed by atoms with Crippen molar-refractivity contribution in [3.63, 3.8) is 0 Å². The van der Waals surface area contributed by atoms with Gasteiger partial charge < -0.3 is 10.2 Å². The fraction of sp³-hybridized carbons (Fsp3) is 0.429. The lowest BCUT2D eigenvalue weighted by molar-refractivity contribution is -0.130. The predicted molar refractivity (Wildman–Crippen MR) is 137 cm³/mol. The molecular weight excluding hydrogens is 447 g/mol. The molecule has 2 fully saturated rings. The van der Waals surface area contributed by atoms with Crippen LogP contribution in [0.5, 0.6) is 0 Å². The van der Waals surface area contributed by atoms with Crippen molar-refractivity contribution >= 4 is 29.7 Å². The minimum Gasteiger partial charge on any atom is -0.352 e. The quantitative estimate of drug-likeness (QED) is 0.492. The van der Waals surface area contributed by atoms with Crippen molar-refractivity contribution in [2.45, 2.75) is 63.8 Å². The normalized spacial score (nSPS) is 21.6. The van der Waals surface area contributed by atoms with Gasteiger partial charge in [0, 0.05) is 35.5 Å². The first kappa shape index (κ1) is 24.5. The second-order valence-electron chi connectivity index (χ2n) is 9.60. The Kier molecular flexibility index (Phi) is 8.09. The third-order valence-electron chi connectivity index (χ3n) is 6.59. The number of rotatable bonds is 7. The lowest BCUT2D eigenvalue weighted by atomic mass is 9.92. The van der Waals surface area contributed by atoms with E-state index in [1.165, 1.54) is 6.07 Å². The number of nitrogens with one attached hydrogen (secondary N) is 1. The van der Waals surface area contributed by atoms with Crippen LogP contribution < -0.4 is 5.32 Å². The molecule has 34 heavy (non-hydrogen) atoms. The Bertz CT molecular complexity index is 1050. The number of fused-ring (bicyclic) bond motifs is 1. The molecule has 2 aliphatic rings. The molecule has 1 aliphatic heterocycles. The number of hydrogen-bond acceptors (Lipinski definition) is 3. The molecule has 2 unspecified atom stereocenters. The molecule has 4 rings (SSSR count). The topological polar surface area (TPSA) is 49.4 Å². The highest BCUT2D eigenvalue weighted by Gasteiger charge is 2.40. The fourth-order valence-corrected chi connectivity index (χ4v) is 6.10. The standard InChI is InChI=1S/C28H33FN2O2S/c1-19(2)15-16-30-27(32)21-13-11-20(12-14-21)17-26-28(33)31(18-22-7-3-4-8-23(22)29)24-9-5-6-10-25(24)34-26/h3-4,7-8,11-14,17,19,24-25H,5-6,9-10,15-16,18H2,1-2H3,(H,30,32)/b26-17-. The molecule has 0 radical (unpaired) electrons. The Morgan fingerprint density at radius 2 is 1.88 bits per heavy atom. The van der Waals surface area contributed by atoms with E-state index in [1.54, 1.807) is 36.0 Å². The van der Waals surface area contributed by atoms with Crippen LogP contribution in [0.1, 0.15) is 67.4 Å². The van der Waals surface area contributed by atoms with Gasteiger partial charge in [-0.1, -0.05) is 57.0 Å². The third-order valence-corrected chi connectivity index (χ3v) is 7.99. The largest absolute Gasteiger partial charge is 0.352 e. The van der Waals surface area contributed by atoms with Crippen LogP contribution in [0.3, 0.4) is 0 Å². The highest BCUT2D eigenvalue weighted by molar-refractivity contribution is 8.04. The predicted octanol–water partition coefficient (Wildman–Crippen LogP) is 6.03. The maximum Gasteiger partial charge on any atom is 0.260 e. The zero-order chi connectivity index (χ0) is 24.1. The van der Waals surface area contributed by atoms with Crippen LogP contribution in [0.4, 0.5) is 4.39 Å². The van der Waals surface area contributed by atoms with Crippen molar-refractivity contribution < 1.29 is 14.0 Å². The van der Waals surface area contributed by atoms with Gasteiger partial charge in [-0.3, -0.25) is 9.59 Å². The van der Waals surface area contributed by atoms with Gasteiger partial charge >= 0.3 is 0 Å². The minimum atomic E-state index is -0.270. The molecule has 4 nitrogen and oxygen atoms in total. The van der Waals surface area contributed by atoms with Crippen molar-refractivity contribution in [3.8, 4) is 0 Å². The van der Waals surface area contributed by atoms with Crippen LogP contribution in [0, 0.1) is 11.7 Å². The number of thioether (sulfide) groups is 1. The average molecular weight is 481 g/mol. The zero-order valence-electron chi connectivity index (χ0n) is 19.9. The number of carbonyl (C=O) groups excluding carboxylic acids is 2. The van der Waals surface area contributed by atoms with Gasteiger partial charge in [-0.2, -0.15) is 0 Å². The van der Waals surface area contributed by atoms with Crippen molar-refractivity contribution in [1.29, 1.82) is 0 Å². The van der Waals surface area contributed by atoms with Crippen molar-refractivity contribution in [1.82, 2.24) is 10.2 Å². The molecule has 2 atom stereocenters. The van der Waals surface area contributed by atoms with Crippen molar-refractivity contribution in [3.05, 3.63) is 75.9 Å². The number of benzene rings is 2. The number of hydrogen-bond donors (Lipinski definition) is 1. The number of amides is 2. The smallest absolute Gasteiger partial charge is 0.260 e. The first-order chi connectivity index (χ1) is 16.4. The van der Waals surface area contributed by atoms with E-state index >= 15 is 0 Å². The van der Waals surface area contributed by atoms with E-state index in [9.17, 15) is 14.0 Å². The molecule has 2 amide bonds. The number of halogens is 1. The van der Waals surface area contributed by atoms with E-state index in [-0.39, 0.29) is 23.7 Å². The Morgan fingerprint density at radius 1 is 1.15 bits per heavy atom. The van der Waals surface area contributed by atoms with Gasteiger partial charge in [0.2, 0.25) is 0 Å². The van der Waals surface area contributed by atoms with Gasteiger partial charge in [0.15, 0.2) is 0 Å². The van der Waals surface area contributed by atoms with Gasteiger partial charge in [-0.25, -0.2) is 4.39 Å². The molecule has 2 aromatic carbocycles. The van der Waals surface area contributed by atoms with Crippen molar-refractivity contribution in [2.75, 3.05) is 6.54 Å². The van der Waals surface area contributed by atoms with Gasteiger partial charge in [0.25, 0.3) is 11.8 Å². The van der Waals surface area contributed by atoms with Gasteiger partial charge in [0.1, 0.15) is 5.82 Å². The number of carbonyl (C=O) groups is 2. The second kappa shape index (κ2) is 11.2. The van der Waals surface area contributed by atoms with Crippen LogP contribution >= 0.6 is 11.8 Å². The molecule has 0 bridgehead atoms. The van der Waals surface area contributed by atoms with Crippen LogP contribution in [0.2, 0.25) is 0 Å². The molecule has 1 saturated heterocycles. The maximum atomic E-state index is 14.4. The summed E-state index contributed by atoms with van der Waals surface area (Å²) in [7, 11) is 0. The molecular formula is C28H33FN2O2S. The highest BCUT2D eigenvalue weighted by atomic mass is 32.2. The molecule has 0 spiro atoms. The summed E-state index contributed by atoms with van der Waals surface area (Å²) >= 11 is 1.66. The first-order valence-corrected chi connectivity index (χ1v) is 13.1. The van der Waals surface area contributed by atoms with Gasteiger partial charge in [-0.05, 0) is 55.0 Å². The summed E-state index contributed by atoms with van der Waals surface area (Å²) in [5.41, 5.74) is 2.05. The van der Waals surface area contributed by atoms with Crippen LogP contribution in [-0.2, 0) is 11.3 Å². The molecule has 1 saturated carbocycles. The molecule has 0 aromatic heterocycles. The summed E-state index contributed by atoms with van der Waals surface area (Å²) in [6, 6.07) is 14.2. The Hall–Kier alpha value is -2.60. The summed E-state index contributed by atoms with van der Waals surface area (Å²) in [6.45, 7) is 5.21. The second-order valence-corrected chi connectivity index (χ2v) is 10.9. The average Bonchev–Trinajstić information content (AvgIpc) is 2.83. The minimum absolute atomic E-state index is 0.0353. The SMILES string of the molecule is CC(C)CCNC(=O)c1ccc(/C=C2\SC3CCCCC3N(Cc3ccccc3F)C2=O)cc1. The van der Waals surface area contributed by atoms with E-state index in [4.69, 9.17) is 0 Å². The highest BCUT2D eigenvalue weighted by Crippen LogP contribution is 2.42. The summed E-state index contributed by atoms with van der Waals surface area (Å²) < 4.78 is 14.4. The molecule has 180 valence electrons. The van der Waals surface area contributed by atoms with E-state index < -0.39 is 0 Å². The number of nitrogens with zero attached hydrogens (tertiary/aromatic N) is 1. The van der Waals surface area contributed by atoms with Crippen molar-refractivity contribution in [2.24, 2.45) is 5.92 Å². The van der Waals surface area contributed by atoms with E-state index in [0.717, 1.165) is 37.7 Å².